The summed E-state index contributed by atoms with van der Waals surface area (Å²) in [6.45, 7) is 4.49. The molecule has 2 heteroatoms. The highest BCUT2D eigenvalue weighted by Gasteiger charge is 2.27. The fourth-order valence-corrected chi connectivity index (χ4v) is 3.93. The summed E-state index contributed by atoms with van der Waals surface area (Å²) >= 11 is 2.45. The fraction of sp³-hybridized carbons (Fsp3) is 0.625. The van der Waals surface area contributed by atoms with Crippen LogP contribution in [0, 0.1) is 22.3 Å². The van der Waals surface area contributed by atoms with Crippen LogP contribution in [0.4, 0.5) is 0 Å². The Hall–Kier alpha value is -0.0900. The molecule has 1 nitrogen and oxygen atoms in total. The number of hydrogen-bond donors (Lipinski definition) is 1. The lowest BCUT2D eigenvalue weighted by atomic mass is 9.75. The molecule has 1 saturated carbocycles. The minimum atomic E-state index is 0.228. The van der Waals surface area contributed by atoms with Gasteiger partial charge in [0.25, 0.3) is 0 Å². The topological polar surface area (TPSA) is 26.0 Å². The first-order chi connectivity index (χ1) is 8.63. The van der Waals surface area contributed by atoms with Gasteiger partial charge in [0, 0.05) is 9.61 Å². The molecule has 2 rings (SSSR count). The molecule has 0 saturated heterocycles. The molecule has 1 aromatic rings. The monoisotopic (exact) mass is 357 g/mol. The molecule has 2 N–H and O–H groups in total. The second-order valence-corrected chi connectivity index (χ2v) is 6.78. The molecule has 1 aliphatic rings. The van der Waals surface area contributed by atoms with Gasteiger partial charge in [0.15, 0.2) is 0 Å². The molecule has 0 bridgehead atoms. The highest BCUT2D eigenvalue weighted by Crippen LogP contribution is 2.38. The molecule has 0 heterocycles. The summed E-state index contributed by atoms with van der Waals surface area (Å²) in [6, 6.07) is 6.77. The van der Waals surface area contributed by atoms with Gasteiger partial charge in [0.05, 0.1) is 0 Å². The standard InChI is InChI=1S/C16H24IN/c1-3-12-7-5-8-13(10-12)16(18)14-9-4-6-11(2)15(14)17/h4,6,9,12-13,16H,3,5,7-8,10,18H2,1-2H3. The highest BCUT2D eigenvalue weighted by molar-refractivity contribution is 14.1. The number of aryl methyl sites for hydroxylation is 1. The average molecular weight is 357 g/mol. The summed E-state index contributed by atoms with van der Waals surface area (Å²) in [7, 11) is 0. The second-order valence-electron chi connectivity index (χ2n) is 5.70. The molecule has 0 radical (unpaired) electrons. The lowest BCUT2D eigenvalue weighted by Gasteiger charge is -2.33. The van der Waals surface area contributed by atoms with Crippen molar-refractivity contribution in [3.8, 4) is 0 Å². The normalized spacial score (nSPS) is 26.0. The lowest BCUT2D eigenvalue weighted by molar-refractivity contribution is 0.230. The molecule has 0 aliphatic heterocycles. The molecule has 18 heavy (non-hydrogen) atoms. The maximum atomic E-state index is 6.55. The summed E-state index contributed by atoms with van der Waals surface area (Å²) in [5.74, 6) is 1.58. The number of nitrogens with two attached hydrogens (primary N) is 1. The van der Waals surface area contributed by atoms with Crippen molar-refractivity contribution in [3.05, 3.63) is 32.9 Å². The molecule has 1 aliphatic carbocycles. The van der Waals surface area contributed by atoms with Crippen LogP contribution in [0.1, 0.15) is 56.2 Å². The number of rotatable bonds is 3. The molecular formula is C16H24IN. The SMILES string of the molecule is CCC1CCCC(C(N)c2cccc(C)c2I)C1. The molecule has 1 fully saturated rings. The Morgan fingerprint density at radius 2 is 2.17 bits per heavy atom. The predicted octanol–water partition coefficient (Wildman–Crippen LogP) is 4.82. The van der Waals surface area contributed by atoms with Crippen molar-refractivity contribution in [1.29, 1.82) is 0 Å². The van der Waals surface area contributed by atoms with Gasteiger partial charge >= 0.3 is 0 Å². The third-order valence-electron chi connectivity index (χ3n) is 4.49. The van der Waals surface area contributed by atoms with Crippen LogP contribution in [0.5, 0.6) is 0 Å². The number of halogens is 1. The van der Waals surface area contributed by atoms with Crippen LogP contribution in [0.2, 0.25) is 0 Å². The first-order valence-corrected chi connectivity index (χ1v) is 8.22. The van der Waals surface area contributed by atoms with Crippen molar-refractivity contribution in [1.82, 2.24) is 0 Å². The molecule has 0 aromatic heterocycles. The van der Waals surface area contributed by atoms with Crippen molar-refractivity contribution < 1.29 is 0 Å². The zero-order chi connectivity index (χ0) is 13.1. The van der Waals surface area contributed by atoms with Crippen molar-refractivity contribution >= 4 is 22.6 Å². The Bertz CT molecular complexity index is 402. The Balaban J connectivity index is 2.15. The number of benzene rings is 1. The molecule has 3 unspecified atom stereocenters. The minimum Gasteiger partial charge on any atom is -0.324 e. The Kier molecular flexibility index (Phi) is 5.07. The van der Waals surface area contributed by atoms with Crippen LogP contribution in [-0.2, 0) is 0 Å². The van der Waals surface area contributed by atoms with Gasteiger partial charge in [-0.15, -0.1) is 0 Å². The van der Waals surface area contributed by atoms with Gasteiger partial charge in [0.2, 0.25) is 0 Å². The summed E-state index contributed by atoms with van der Waals surface area (Å²) in [5, 5.41) is 0. The highest BCUT2D eigenvalue weighted by atomic mass is 127. The van der Waals surface area contributed by atoms with Gasteiger partial charge in [0.1, 0.15) is 0 Å². The van der Waals surface area contributed by atoms with Gasteiger partial charge in [-0.3, -0.25) is 0 Å². The summed E-state index contributed by atoms with van der Waals surface area (Å²) in [5.41, 5.74) is 9.26. The fourth-order valence-electron chi connectivity index (χ4n) is 3.21. The molecule has 3 atom stereocenters. The van der Waals surface area contributed by atoms with E-state index in [1.54, 1.807) is 0 Å². The molecular weight excluding hydrogens is 333 g/mol. The van der Waals surface area contributed by atoms with Crippen LogP contribution >= 0.6 is 22.6 Å². The molecule has 100 valence electrons. The second kappa shape index (κ2) is 6.38. The Labute approximate surface area is 125 Å². The van der Waals surface area contributed by atoms with Crippen molar-refractivity contribution in [2.45, 2.75) is 52.0 Å². The first kappa shape index (κ1) is 14.3. The summed E-state index contributed by atoms with van der Waals surface area (Å²) in [4.78, 5) is 0. The van der Waals surface area contributed by atoms with E-state index in [2.05, 4.69) is 54.6 Å². The van der Waals surface area contributed by atoms with E-state index in [1.807, 2.05) is 0 Å². The minimum absolute atomic E-state index is 0.228. The smallest absolute Gasteiger partial charge is 0.0334 e. The van der Waals surface area contributed by atoms with Crippen LogP contribution in [-0.4, -0.2) is 0 Å². The van der Waals surface area contributed by atoms with Crippen LogP contribution in [0.25, 0.3) is 0 Å². The Morgan fingerprint density at radius 1 is 1.39 bits per heavy atom. The molecule has 0 spiro atoms. The maximum Gasteiger partial charge on any atom is 0.0334 e. The quantitative estimate of drug-likeness (QED) is 0.772. The largest absolute Gasteiger partial charge is 0.324 e. The van der Waals surface area contributed by atoms with Crippen LogP contribution < -0.4 is 5.73 Å². The van der Waals surface area contributed by atoms with Crippen molar-refractivity contribution in [2.75, 3.05) is 0 Å². The van der Waals surface area contributed by atoms with E-state index < -0.39 is 0 Å². The predicted molar refractivity (Wildman–Crippen MR) is 86.6 cm³/mol. The number of hydrogen-bond acceptors (Lipinski definition) is 1. The van der Waals surface area contributed by atoms with Crippen molar-refractivity contribution in [3.63, 3.8) is 0 Å². The van der Waals surface area contributed by atoms with E-state index >= 15 is 0 Å². The van der Waals surface area contributed by atoms with E-state index in [0.29, 0.717) is 5.92 Å². The third kappa shape index (κ3) is 3.08. The van der Waals surface area contributed by atoms with Crippen LogP contribution in [0.3, 0.4) is 0 Å². The van der Waals surface area contributed by atoms with Gasteiger partial charge in [-0.25, -0.2) is 0 Å². The zero-order valence-corrected chi connectivity index (χ0v) is 13.6. The van der Waals surface area contributed by atoms with E-state index in [4.69, 9.17) is 5.73 Å². The van der Waals surface area contributed by atoms with E-state index in [1.165, 1.54) is 46.8 Å². The van der Waals surface area contributed by atoms with Gasteiger partial charge < -0.3 is 5.73 Å². The molecule has 1 aromatic carbocycles. The van der Waals surface area contributed by atoms with Crippen LogP contribution in [0.15, 0.2) is 18.2 Å². The summed E-state index contributed by atoms with van der Waals surface area (Å²) < 4.78 is 1.36. The molecule has 0 amide bonds. The van der Waals surface area contributed by atoms with E-state index in [-0.39, 0.29) is 6.04 Å². The average Bonchev–Trinajstić information content (AvgIpc) is 2.41. The Morgan fingerprint density at radius 3 is 2.89 bits per heavy atom. The zero-order valence-electron chi connectivity index (χ0n) is 11.5. The van der Waals surface area contributed by atoms with E-state index in [0.717, 1.165) is 5.92 Å². The first-order valence-electron chi connectivity index (χ1n) is 7.14. The van der Waals surface area contributed by atoms with Gasteiger partial charge in [-0.1, -0.05) is 44.4 Å². The third-order valence-corrected chi connectivity index (χ3v) is 5.96. The van der Waals surface area contributed by atoms with Gasteiger partial charge in [-0.05, 0) is 65.3 Å². The van der Waals surface area contributed by atoms with E-state index in [9.17, 15) is 0 Å². The van der Waals surface area contributed by atoms with Crippen molar-refractivity contribution in [2.24, 2.45) is 17.6 Å². The lowest BCUT2D eigenvalue weighted by Crippen LogP contribution is -2.27. The maximum absolute atomic E-state index is 6.55. The summed E-state index contributed by atoms with van der Waals surface area (Å²) in [6.07, 6.45) is 6.71. The van der Waals surface area contributed by atoms with Gasteiger partial charge in [-0.2, -0.15) is 0 Å².